The molecule has 3 aromatic rings. The number of nitrogens with two attached hydrogens (primary N) is 1. The number of H-pyrrole nitrogens is 1. The number of nitrogens with zero attached hydrogens (tertiary/aromatic N) is 3. The lowest BCUT2D eigenvalue weighted by atomic mass is 9.96. The Morgan fingerprint density at radius 1 is 1.17 bits per heavy atom. The average molecular weight is 366 g/mol. The van der Waals surface area contributed by atoms with Gasteiger partial charge in [-0.05, 0) is 29.7 Å². The maximum atomic E-state index is 11.5. The van der Waals surface area contributed by atoms with Gasteiger partial charge in [0.1, 0.15) is 12.0 Å². The Labute approximate surface area is 145 Å². The van der Waals surface area contributed by atoms with Crippen LogP contribution >= 0.6 is 12.4 Å². The molecule has 0 saturated heterocycles. The lowest BCUT2D eigenvalue weighted by Gasteiger charge is -2.26. The summed E-state index contributed by atoms with van der Waals surface area (Å²) in [6.07, 6.45) is 4.02. The van der Waals surface area contributed by atoms with E-state index >= 15 is 0 Å². The number of rotatable bonds is 2. The third-order valence-corrected chi connectivity index (χ3v) is 5.20. The molecular formula is C15H16ClN5O2S. The second kappa shape index (κ2) is 6.14. The quantitative estimate of drug-likeness (QED) is 0.719. The monoisotopic (exact) mass is 365 g/mol. The van der Waals surface area contributed by atoms with E-state index in [9.17, 15) is 8.42 Å². The van der Waals surface area contributed by atoms with Crippen LogP contribution in [0.2, 0.25) is 0 Å². The van der Waals surface area contributed by atoms with Gasteiger partial charge in [0, 0.05) is 30.2 Å². The zero-order valence-electron chi connectivity index (χ0n) is 12.6. The molecule has 126 valence electrons. The van der Waals surface area contributed by atoms with Crippen molar-refractivity contribution in [3.05, 3.63) is 47.9 Å². The van der Waals surface area contributed by atoms with Crippen molar-refractivity contribution in [1.29, 1.82) is 0 Å². The zero-order valence-corrected chi connectivity index (χ0v) is 14.3. The third-order valence-electron chi connectivity index (χ3n) is 4.17. The Morgan fingerprint density at radius 3 is 2.79 bits per heavy atom. The van der Waals surface area contributed by atoms with Crippen LogP contribution in [0.15, 0.2) is 36.8 Å². The first-order valence-corrected chi connectivity index (χ1v) is 8.71. The Hall–Kier alpha value is -2.00. The summed E-state index contributed by atoms with van der Waals surface area (Å²) in [4.78, 5) is 11.7. The van der Waals surface area contributed by atoms with Crippen molar-refractivity contribution in [1.82, 2.24) is 19.3 Å². The van der Waals surface area contributed by atoms with Crippen LogP contribution in [0.5, 0.6) is 0 Å². The van der Waals surface area contributed by atoms with Gasteiger partial charge in [-0.1, -0.05) is 12.1 Å². The first kappa shape index (κ1) is 16.8. The molecule has 1 aliphatic heterocycles. The minimum Gasteiger partial charge on any atom is -0.346 e. The Morgan fingerprint density at radius 2 is 2.00 bits per heavy atom. The highest BCUT2D eigenvalue weighted by molar-refractivity contribution is 7.86. The fourth-order valence-electron chi connectivity index (χ4n) is 2.99. The van der Waals surface area contributed by atoms with Crippen LogP contribution in [0, 0.1) is 0 Å². The first-order chi connectivity index (χ1) is 11.0. The van der Waals surface area contributed by atoms with Crippen molar-refractivity contribution in [2.45, 2.75) is 13.0 Å². The molecule has 3 heterocycles. The minimum absolute atomic E-state index is 0. The molecule has 3 N–H and O–H groups in total. The number of benzene rings is 1. The molecule has 0 atom stereocenters. The molecule has 9 heteroatoms. The van der Waals surface area contributed by atoms with Crippen LogP contribution in [0.25, 0.3) is 22.3 Å². The highest BCUT2D eigenvalue weighted by atomic mass is 35.5. The van der Waals surface area contributed by atoms with Crippen molar-refractivity contribution < 1.29 is 8.42 Å². The van der Waals surface area contributed by atoms with Crippen molar-refractivity contribution in [2.24, 2.45) is 5.14 Å². The summed E-state index contributed by atoms with van der Waals surface area (Å²) < 4.78 is 24.3. The molecule has 0 radical (unpaired) electrons. The molecule has 0 spiro atoms. The predicted molar refractivity (Wildman–Crippen MR) is 93.8 cm³/mol. The van der Waals surface area contributed by atoms with Gasteiger partial charge in [0.2, 0.25) is 0 Å². The smallest absolute Gasteiger partial charge is 0.277 e. The second-order valence-corrected chi connectivity index (χ2v) is 7.12. The van der Waals surface area contributed by atoms with Gasteiger partial charge in [-0.3, -0.25) is 0 Å². The Kier molecular flexibility index (Phi) is 4.31. The van der Waals surface area contributed by atoms with Gasteiger partial charge in [0.15, 0.2) is 0 Å². The Bertz CT molecular complexity index is 1000. The summed E-state index contributed by atoms with van der Waals surface area (Å²) in [7, 11) is -3.64. The number of aromatic amines is 1. The summed E-state index contributed by atoms with van der Waals surface area (Å²) >= 11 is 0. The topological polar surface area (TPSA) is 105 Å². The number of hydrogen-bond acceptors (Lipinski definition) is 4. The van der Waals surface area contributed by atoms with E-state index in [1.54, 1.807) is 0 Å². The number of halogens is 1. The van der Waals surface area contributed by atoms with E-state index in [0.717, 1.165) is 33.4 Å². The summed E-state index contributed by atoms with van der Waals surface area (Å²) in [5.74, 6) is 0. The molecule has 7 nitrogen and oxygen atoms in total. The number of nitrogens with one attached hydrogen (secondary N) is 1. The third kappa shape index (κ3) is 2.89. The maximum Gasteiger partial charge on any atom is 0.277 e. The highest BCUT2D eigenvalue weighted by Crippen LogP contribution is 2.29. The molecule has 1 aliphatic rings. The molecular weight excluding hydrogens is 350 g/mol. The average Bonchev–Trinajstić information content (AvgIpc) is 3.01. The van der Waals surface area contributed by atoms with E-state index < -0.39 is 10.2 Å². The fraction of sp³-hybridized carbons (Fsp3) is 0.200. The van der Waals surface area contributed by atoms with Crippen molar-refractivity contribution in [2.75, 3.05) is 6.54 Å². The fourth-order valence-corrected chi connectivity index (χ4v) is 3.66. The zero-order chi connectivity index (χ0) is 16.0. The molecule has 1 aromatic carbocycles. The number of hydrogen-bond donors (Lipinski definition) is 2. The van der Waals surface area contributed by atoms with Crippen LogP contribution < -0.4 is 5.14 Å². The van der Waals surface area contributed by atoms with Crippen LogP contribution in [-0.2, 0) is 23.2 Å². The second-order valence-electron chi connectivity index (χ2n) is 5.57. The summed E-state index contributed by atoms with van der Waals surface area (Å²) in [6, 6.07) is 7.93. The van der Waals surface area contributed by atoms with E-state index in [1.807, 2.05) is 24.4 Å². The summed E-state index contributed by atoms with van der Waals surface area (Å²) in [6.45, 7) is 0.719. The predicted octanol–water partition coefficient (Wildman–Crippen LogP) is 1.61. The van der Waals surface area contributed by atoms with E-state index in [0.29, 0.717) is 19.5 Å². The number of aromatic nitrogens is 3. The van der Waals surface area contributed by atoms with Crippen LogP contribution in [-0.4, -0.2) is 34.2 Å². The minimum atomic E-state index is -3.64. The van der Waals surface area contributed by atoms with Crippen LogP contribution in [0.4, 0.5) is 0 Å². The van der Waals surface area contributed by atoms with Gasteiger partial charge in [0.05, 0.1) is 5.69 Å². The summed E-state index contributed by atoms with van der Waals surface area (Å²) in [5.41, 5.74) is 4.78. The lowest BCUT2D eigenvalue weighted by molar-refractivity contribution is 0.392. The SMILES string of the molecule is Cl.NS(=O)(=O)N1CCc2cc(-c3ncnc4[nH]ccc34)ccc2C1. The molecule has 0 bridgehead atoms. The van der Waals surface area contributed by atoms with Gasteiger partial charge < -0.3 is 4.98 Å². The molecule has 2 aromatic heterocycles. The van der Waals surface area contributed by atoms with Crippen molar-refractivity contribution >= 4 is 33.6 Å². The van der Waals surface area contributed by atoms with Crippen molar-refractivity contribution in [3.63, 3.8) is 0 Å². The lowest BCUT2D eigenvalue weighted by Crippen LogP contribution is -2.40. The summed E-state index contributed by atoms with van der Waals surface area (Å²) in [5, 5.41) is 6.18. The van der Waals surface area contributed by atoms with Gasteiger partial charge in [-0.2, -0.15) is 12.7 Å². The molecule has 0 amide bonds. The van der Waals surface area contributed by atoms with Crippen molar-refractivity contribution in [3.8, 4) is 11.3 Å². The van der Waals surface area contributed by atoms with E-state index in [2.05, 4.69) is 21.0 Å². The molecule has 0 fully saturated rings. The van der Waals surface area contributed by atoms with Crippen LogP contribution in [0.1, 0.15) is 11.1 Å². The van der Waals surface area contributed by atoms with E-state index in [-0.39, 0.29) is 12.4 Å². The van der Waals surface area contributed by atoms with Gasteiger partial charge in [0.25, 0.3) is 10.2 Å². The molecule has 24 heavy (non-hydrogen) atoms. The van der Waals surface area contributed by atoms with Crippen LogP contribution in [0.3, 0.4) is 0 Å². The number of fused-ring (bicyclic) bond motifs is 2. The van der Waals surface area contributed by atoms with Gasteiger partial charge in [-0.15, -0.1) is 12.4 Å². The molecule has 4 rings (SSSR count). The van der Waals surface area contributed by atoms with E-state index in [1.165, 1.54) is 10.6 Å². The first-order valence-electron chi connectivity index (χ1n) is 7.20. The van der Waals surface area contributed by atoms with E-state index in [4.69, 9.17) is 5.14 Å². The maximum absolute atomic E-state index is 11.5. The standard InChI is InChI=1S/C15H15N5O2S.ClH/c16-23(21,22)20-6-4-10-7-11(1-2-12(10)8-20)14-13-3-5-17-15(13)19-9-18-14;/h1-3,5,7,9H,4,6,8H2,(H2,16,21,22)(H,17,18,19);1H. The molecule has 0 aliphatic carbocycles. The molecule has 0 unspecified atom stereocenters. The van der Waals surface area contributed by atoms with Gasteiger partial charge in [-0.25, -0.2) is 15.1 Å². The molecule has 0 saturated carbocycles. The highest BCUT2D eigenvalue weighted by Gasteiger charge is 2.24. The van der Waals surface area contributed by atoms with Gasteiger partial charge >= 0.3 is 0 Å². The Balaban J connectivity index is 0.00000169. The largest absolute Gasteiger partial charge is 0.346 e. The normalized spacial score (nSPS) is 15.0.